The number of hydrogen-bond acceptors (Lipinski definition) is 4. The first-order valence-electron chi connectivity index (χ1n) is 8.70. The average Bonchev–Trinajstić information content (AvgIpc) is 3.46. The molecule has 6 nitrogen and oxygen atoms in total. The highest BCUT2D eigenvalue weighted by molar-refractivity contribution is 7.92. The SMILES string of the molecule is Cc1ccc(S(=O)(=O)Nc2ccccc2F)cc1C(=O)NCC(N)C1CC1. The molecular weight excluding hydrogens is 369 g/mol. The van der Waals surface area contributed by atoms with Crippen molar-refractivity contribution in [2.24, 2.45) is 11.7 Å². The summed E-state index contributed by atoms with van der Waals surface area (Å²) >= 11 is 0. The number of sulfonamides is 1. The van der Waals surface area contributed by atoms with Crippen LogP contribution in [0.15, 0.2) is 47.4 Å². The molecule has 1 fully saturated rings. The van der Waals surface area contributed by atoms with E-state index in [2.05, 4.69) is 10.0 Å². The van der Waals surface area contributed by atoms with Crippen LogP contribution >= 0.6 is 0 Å². The van der Waals surface area contributed by atoms with Gasteiger partial charge >= 0.3 is 0 Å². The number of hydrogen-bond donors (Lipinski definition) is 3. The number of aryl methyl sites for hydroxylation is 1. The Morgan fingerprint density at radius 3 is 2.63 bits per heavy atom. The van der Waals surface area contributed by atoms with E-state index >= 15 is 0 Å². The van der Waals surface area contributed by atoms with Crippen LogP contribution in [0.25, 0.3) is 0 Å². The fourth-order valence-corrected chi connectivity index (χ4v) is 3.85. The van der Waals surface area contributed by atoms with Gasteiger partial charge in [-0.2, -0.15) is 0 Å². The highest BCUT2D eigenvalue weighted by Gasteiger charge is 2.28. The Balaban J connectivity index is 1.79. The molecule has 0 aliphatic heterocycles. The first-order valence-corrected chi connectivity index (χ1v) is 10.2. The van der Waals surface area contributed by atoms with Crippen molar-refractivity contribution in [1.82, 2.24) is 5.32 Å². The van der Waals surface area contributed by atoms with Crippen molar-refractivity contribution in [3.8, 4) is 0 Å². The standard InChI is InChI=1S/C19H22FN3O3S/c1-12-6-9-14(27(25,26)23-18-5-3-2-4-16(18)20)10-15(12)19(24)22-11-17(21)13-7-8-13/h2-6,9-10,13,17,23H,7-8,11,21H2,1H3,(H,22,24). The van der Waals surface area contributed by atoms with Gasteiger partial charge in [-0.15, -0.1) is 0 Å². The fourth-order valence-electron chi connectivity index (χ4n) is 2.76. The van der Waals surface area contributed by atoms with Gasteiger partial charge in [-0.1, -0.05) is 18.2 Å². The fraction of sp³-hybridized carbons (Fsp3) is 0.316. The maximum Gasteiger partial charge on any atom is 0.262 e. The van der Waals surface area contributed by atoms with Crippen molar-refractivity contribution in [2.75, 3.05) is 11.3 Å². The van der Waals surface area contributed by atoms with E-state index in [1.807, 2.05) is 0 Å². The van der Waals surface area contributed by atoms with Crippen molar-refractivity contribution in [3.05, 3.63) is 59.4 Å². The first-order chi connectivity index (χ1) is 12.8. The van der Waals surface area contributed by atoms with E-state index < -0.39 is 15.8 Å². The van der Waals surface area contributed by atoms with E-state index in [9.17, 15) is 17.6 Å². The Hall–Kier alpha value is -2.45. The van der Waals surface area contributed by atoms with Gasteiger partial charge in [0.05, 0.1) is 10.6 Å². The van der Waals surface area contributed by atoms with Crippen LogP contribution in [0.4, 0.5) is 10.1 Å². The monoisotopic (exact) mass is 391 g/mol. The Labute approximate surface area is 158 Å². The third-order valence-electron chi connectivity index (χ3n) is 4.61. The lowest BCUT2D eigenvalue weighted by Gasteiger charge is -2.14. The summed E-state index contributed by atoms with van der Waals surface area (Å²) in [5.41, 5.74) is 6.71. The summed E-state index contributed by atoms with van der Waals surface area (Å²) in [5.74, 6) is -0.616. The number of nitrogens with two attached hydrogens (primary N) is 1. The van der Waals surface area contributed by atoms with Crippen LogP contribution in [0.2, 0.25) is 0 Å². The van der Waals surface area contributed by atoms with E-state index in [1.165, 1.54) is 30.3 Å². The molecule has 0 heterocycles. The number of amides is 1. The van der Waals surface area contributed by atoms with E-state index in [1.54, 1.807) is 13.0 Å². The summed E-state index contributed by atoms with van der Waals surface area (Å²) in [5, 5.41) is 2.76. The first kappa shape index (κ1) is 19.3. The molecule has 3 rings (SSSR count). The number of carbonyl (C=O) groups excluding carboxylic acids is 1. The highest BCUT2D eigenvalue weighted by Crippen LogP contribution is 2.31. The van der Waals surface area contributed by atoms with E-state index in [-0.39, 0.29) is 28.1 Å². The minimum Gasteiger partial charge on any atom is -0.350 e. The van der Waals surface area contributed by atoms with Crippen molar-refractivity contribution in [2.45, 2.75) is 30.7 Å². The smallest absolute Gasteiger partial charge is 0.262 e. The minimum absolute atomic E-state index is 0.0936. The molecule has 0 radical (unpaired) electrons. The molecule has 144 valence electrons. The highest BCUT2D eigenvalue weighted by atomic mass is 32.2. The lowest BCUT2D eigenvalue weighted by atomic mass is 10.1. The predicted molar refractivity (Wildman–Crippen MR) is 101 cm³/mol. The third kappa shape index (κ3) is 4.64. The zero-order valence-corrected chi connectivity index (χ0v) is 15.7. The van der Waals surface area contributed by atoms with Gasteiger partial charge < -0.3 is 11.1 Å². The Morgan fingerprint density at radius 2 is 1.96 bits per heavy atom. The van der Waals surface area contributed by atoms with Gasteiger partial charge in [0.25, 0.3) is 15.9 Å². The quantitative estimate of drug-likeness (QED) is 0.675. The van der Waals surface area contributed by atoms with Crippen LogP contribution in [-0.4, -0.2) is 26.9 Å². The molecule has 1 aliphatic carbocycles. The molecule has 0 aromatic heterocycles. The zero-order valence-electron chi connectivity index (χ0n) is 14.9. The van der Waals surface area contributed by atoms with Gasteiger partial charge in [0.15, 0.2) is 0 Å². The molecule has 8 heteroatoms. The number of anilines is 1. The molecule has 0 bridgehead atoms. The van der Waals surface area contributed by atoms with Crippen LogP contribution in [0, 0.1) is 18.7 Å². The number of halogens is 1. The number of nitrogens with one attached hydrogen (secondary N) is 2. The van der Waals surface area contributed by atoms with Crippen molar-refractivity contribution < 1.29 is 17.6 Å². The molecule has 1 atom stereocenters. The van der Waals surface area contributed by atoms with Crippen LogP contribution < -0.4 is 15.8 Å². The number of benzene rings is 2. The molecule has 0 saturated heterocycles. The second-order valence-electron chi connectivity index (χ2n) is 6.77. The van der Waals surface area contributed by atoms with Gasteiger partial charge in [0, 0.05) is 18.2 Å². The predicted octanol–water partition coefficient (Wildman–Crippen LogP) is 2.40. The number of para-hydroxylation sites is 1. The maximum absolute atomic E-state index is 13.8. The van der Waals surface area contributed by atoms with E-state index in [0.29, 0.717) is 18.0 Å². The molecular formula is C19H22FN3O3S. The average molecular weight is 391 g/mol. The number of carbonyl (C=O) groups is 1. The summed E-state index contributed by atoms with van der Waals surface area (Å²) in [7, 11) is -4.04. The van der Waals surface area contributed by atoms with Crippen LogP contribution in [0.3, 0.4) is 0 Å². The normalized spacial score (nSPS) is 15.2. The Morgan fingerprint density at radius 1 is 1.26 bits per heavy atom. The molecule has 2 aromatic rings. The molecule has 4 N–H and O–H groups in total. The molecule has 1 saturated carbocycles. The second-order valence-corrected chi connectivity index (χ2v) is 8.46. The van der Waals surface area contributed by atoms with Crippen molar-refractivity contribution in [3.63, 3.8) is 0 Å². The van der Waals surface area contributed by atoms with Crippen molar-refractivity contribution >= 4 is 21.6 Å². The molecule has 1 unspecified atom stereocenters. The summed E-state index contributed by atoms with van der Waals surface area (Å²) in [6, 6.07) is 9.60. The van der Waals surface area contributed by atoms with Gasteiger partial charge in [-0.25, -0.2) is 12.8 Å². The van der Waals surface area contributed by atoms with Crippen molar-refractivity contribution in [1.29, 1.82) is 0 Å². The summed E-state index contributed by atoms with van der Waals surface area (Å²) in [4.78, 5) is 12.3. The minimum atomic E-state index is -4.04. The largest absolute Gasteiger partial charge is 0.350 e. The Bertz CT molecular complexity index is 958. The summed E-state index contributed by atoms with van der Waals surface area (Å²) in [6.45, 7) is 2.06. The maximum atomic E-state index is 13.8. The summed E-state index contributed by atoms with van der Waals surface area (Å²) in [6.07, 6.45) is 2.15. The molecule has 1 amide bonds. The lowest BCUT2D eigenvalue weighted by Crippen LogP contribution is -2.38. The molecule has 2 aromatic carbocycles. The van der Waals surface area contributed by atoms with Gasteiger partial charge in [0.2, 0.25) is 0 Å². The Kier molecular flexibility index (Phi) is 5.48. The van der Waals surface area contributed by atoms with Crippen LogP contribution in [0.5, 0.6) is 0 Å². The van der Waals surface area contributed by atoms with Gasteiger partial charge in [-0.05, 0) is 55.5 Å². The van der Waals surface area contributed by atoms with Gasteiger partial charge in [0.1, 0.15) is 5.82 Å². The summed E-state index contributed by atoms with van der Waals surface area (Å²) < 4.78 is 41.1. The lowest BCUT2D eigenvalue weighted by molar-refractivity contribution is 0.0949. The molecule has 1 aliphatic rings. The van der Waals surface area contributed by atoms with Crippen LogP contribution in [-0.2, 0) is 10.0 Å². The second kappa shape index (κ2) is 7.66. The topological polar surface area (TPSA) is 101 Å². The molecule has 0 spiro atoms. The third-order valence-corrected chi connectivity index (χ3v) is 5.97. The van der Waals surface area contributed by atoms with E-state index in [0.717, 1.165) is 18.9 Å². The van der Waals surface area contributed by atoms with Crippen LogP contribution in [0.1, 0.15) is 28.8 Å². The molecule has 27 heavy (non-hydrogen) atoms. The van der Waals surface area contributed by atoms with Gasteiger partial charge in [-0.3, -0.25) is 9.52 Å². The number of rotatable bonds is 7. The zero-order chi connectivity index (χ0) is 19.6. The van der Waals surface area contributed by atoms with E-state index in [4.69, 9.17) is 5.73 Å².